The molecule has 0 aliphatic heterocycles. The first-order valence-corrected chi connectivity index (χ1v) is 6.54. The summed E-state index contributed by atoms with van der Waals surface area (Å²) < 4.78 is 4.96. The third-order valence-corrected chi connectivity index (χ3v) is 2.91. The first kappa shape index (κ1) is 17.0. The number of aryl methyl sites for hydroxylation is 2. The van der Waals surface area contributed by atoms with Crippen LogP contribution >= 0.6 is 12.4 Å². The Balaban J connectivity index is 0.00000220. The number of carbonyl (C=O) groups is 1. The molecule has 1 aromatic carbocycles. The Morgan fingerprint density at radius 2 is 2.10 bits per heavy atom. The zero-order valence-electron chi connectivity index (χ0n) is 11.8. The second kappa shape index (κ2) is 8.26. The summed E-state index contributed by atoms with van der Waals surface area (Å²) in [6, 6.07) is 7.57. The number of hydrogen-bond acceptors (Lipinski definition) is 5. The highest BCUT2D eigenvalue weighted by Crippen LogP contribution is 2.12. The van der Waals surface area contributed by atoms with Gasteiger partial charge in [-0.25, -0.2) is 0 Å². The fourth-order valence-electron chi connectivity index (χ4n) is 1.85. The van der Waals surface area contributed by atoms with Crippen LogP contribution in [0.5, 0.6) is 0 Å². The van der Waals surface area contributed by atoms with E-state index in [0.29, 0.717) is 37.5 Å². The molecule has 2 aromatic rings. The van der Waals surface area contributed by atoms with E-state index in [4.69, 9.17) is 10.3 Å². The SMILES string of the molecule is Cc1noc(CCNC(=O)CCc2ccccc2N)n1.Cl. The molecule has 1 amide bonds. The molecule has 1 aromatic heterocycles. The number of aromatic nitrogens is 2. The number of anilines is 1. The third kappa shape index (κ3) is 5.43. The van der Waals surface area contributed by atoms with Crippen molar-refractivity contribution in [3.8, 4) is 0 Å². The molecule has 0 bridgehead atoms. The monoisotopic (exact) mass is 310 g/mol. The van der Waals surface area contributed by atoms with Gasteiger partial charge in [0.1, 0.15) is 0 Å². The largest absolute Gasteiger partial charge is 0.399 e. The molecule has 2 rings (SSSR count). The van der Waals surface area contributed by atoms with Crippen molar-refractivity contribution in [2.45, 2.75) is 26.2 Å². The molecule has 0 radical (unpaired) electrons. The van der Waals surface area contributed by atoms with Crippen LogP contribution in [0, 0.1) is 6.92 Å². The van der Waals surface area contributed by atoms with Crippen molar-refractivity contribution in [2.24, 2.45) is 0 Å². The summed E-state index contributed by atoms with van der Waals surface area (Å²) in [5.74, 6) is 1.13. The first-order chi connectivity index (χ1) is 9.65. The van der Waals surface area contributed by atoms with Crippen LogP contribution in [0.15, 0.2) is 28.8 Å². The van der Waals surface area contributed by atoms with Crippen LogP contribution < -0.4 is 11.1 Å². The number of nitrogens with zero attached hydrogens (tertiary/aromatic N) is 2. The number of halogens is 1. The maximum absolute atomic E-state index is 11.7. The van der Waals surface area contributed by atoms with Crippen LogP contribution in [-0.4, -0.2) is 22.6 Å². The van der Waals surface area contributed by atoms with Gasteiger partial charge in [-0.15, -0.1) is 12.4 Å². The minimum atomic E-state index is -0.00973. The quantitative estimate of drug-likeness (QED) is 0.792. The highest BCUT2D eigenvalue weighted by atomic mass is 35.5. The molecule has 0 fully saturated rings. The number of nitrogens with two attached hydrogens (primary N) is 1. The lowest BCUT2D eigenvalue weighted by Crippen LogP contribution is -2.26. The van der Waals surface area contributed by atoms with Crippen LogP contribution in [0.4, 0.5) is 5.69 Å². The standard InChI is InChI=1S/C14H18N4O2.ClH/c1-10-17-14(20-18-10)8-9-16-13(19)7-6-11-4-2-3-5-12(11)15;/h2-5H,6-9,15H2,1H3,(H,16,19);1H. The van der Waals surface area contributed by atoms with E-state index in [1.807, 2.05) is 24.3 Å². The molecule has 1 heterocycles. The van der Waals surface area contributed by atoms with Gasteiger partial charge in [-0.2, -0.15) is 4.98 Å². The van der Waals surface area contributed by atoms with E-state index < -0.39 is 0 Å². The number of nitrogen functional groups attached to an aromatic ring is 1. The lowest BCUT2D eigenvalue weighted by Gasteiger charge is -2.06. The molecule has 0 aliphatic carbocycles. The Bertz CT molecular complexity index is 586. The minimum absolute atomic E-state index is 0. The molecule has 6 nitrogen and oxygen atoms in total. The Morgan fingerprint density at radius 1 is 1.33 bits per heavy atom. The Kier molecular flexibility index (Phi) is 6.68. The zero-order valence-corrected chi connectivity index (χ0v) is 12.7. The van der Waals surface area contributed by atoms with Crippen molar-refractivity contribution in [3.05, 3.63) is 41.5 Å². The number of amides is 1. The maximum Gasteiger partial charge on any atom is 0.228 e. The van der Waals surface area contributed by atoms with Gasteiger partial charge in [-0.1, -0.05) is 23.4 Å². The van der Waals surface area contributed by atoms with E-state index >= 15 is 0 Å². The predicted molar refractivity (Wildman–Crippen MR) is 82.2 cm³/mol. The van der Waals surface area contributed by atoms with Gasteiger partial charge in [-0.3, -0.25) is 4.79 Å². The topological polar surface area (TPSA) is 94.0 Å². The summed E-state index contributed by atoms with van der Waals surface area (Å²) in [5.41, 5.74) is 7.55. The highest BCUT2D eigenvalue weighted by Gasteiger charge is 2.06. The fraction of sp³-hybridized carbons (Fsp3) is 0.357. The Hall–Kier alpha value is -2.08. The lowest BCUT2D eigenvalue weighted by molar-refractivity contribution is -0.121. The van der Waals surface area contributed by atoms with Gasteiger partial charge in [0.2, 0.25) is 11.8 Å². The third-order valence-electron chi connectivity index (χ3n) is 2.91. The molecule has 7 heteroatoms. The van der Waals surface area contributed by atoms with Gasteiger partial charge in [0.25, 0.3) is 0 Å². The van der Waals surface area contributed by atoms with Gasteiger partial charge in [0.15, 0.2) is 5.82 Å². The number of rotatable bonds is 6. The number of hydrogen-bond donors (Lipinski definition) is 2. The molecule has 3 N–H and O–H groups in total. The van der Waals surface area contributed by atoms with Crippen LogP contribution in [0.1, 0.15) is 23.7 Å². The number of benzene rings is 1. The second-order valence-electron chi connectivity index (χ2n) is 4.53. The van der Waals surface area contributed by atoms with Gasteiger partial charge < -0.3 is 15.6 Å². The van der Waals surface area contributed by atoms with Crippen LogP contribution in [0.2, 0.25) is 0 Å². The summed E-state index contributed by atoms with van der Waals surface area (Å²) in [5, 5.41) is 6.51. The molecule has 0 atom stereocenters. The van der Waals surface area contributed by atoms with Crippen molar-refractivity contribution >= 4 is 24.0 Å². The molecule has 114 valence electrons. The Labute approximate surface area is 129 Å². The lowest BCUT2D eigenvalue weighted by atomic mass is 10.1. The number of nitrogens with one attached hydrogen (secondary N) is 1. The molecule has 0 spiro atoms. The zero-order chi connectivity index (χ0) is 14.4. The number of carbonyl (C=O) groups excluding carboxylic acids is 1. The molecule has 0 aliphatic rings. The summed E-state index contributed by atoms with van der Waals surface area (Å²) in [4.78, 5) is 15.8. The fourth-order valence-corrected chi connectivity index (χ4v) is 1.85. The smallest absolute Gasteiger partial charge is 0.228 e. The van der Waals surface area contributed by atoms with E-state index in [-0.39, 0.29) is 18.3 Å². The van der Waals surface area contributed by atoms with Crippen molar-refractivity contribution in [1.82, 2.24) is 15.5 Å². The average molecular weight is 311 g/mol. The first-order valence-electron chi connectivity index (χ1n) is 6.54. The van der Waals surface area contributed by atoms with E-state index in [2.05, 4.69) is 15.5 Å². The van der Waals surface area contributed by atoms with Crippen molar-refractivity contribution in [1.29, 1.82) is 0 Å². The minimum Gasteiger partial charge on any atom is -0.399 e. The summed E-state index contributed by atoms with van der Waals surface area (Å²) >= 11 is 0. The van der Waals surface area contributed by atoms with Crippen molar-refractivity contribution in [2.75, 3.05) is 12.3 Å². The van der Waals surface area contributed by atoms with Crippen LogP contribution in [-0.2, 0) is 17.6 Å². The summed E-state index contributed by atoms with van der Waals surface area (Å²) in [6.45, 7) is 2.25. The molecular formula is C14H19ClN4O2. The maximum atomic E-state index is 11.7. The van der Waals surface area contributed by atoms with E-state index in [1.165, 1.54) is 0 Å². The van der Waals surface area contributed by atoms with Crippen molar-refractivity contribution < 1.29 is 9.32 Å². The van der Waals surface area contributed by atoms with Crippen LogP contribution in [0.3, 0.4) is 0 Å². The normalized spacial score (nSPS) is 9.95. The van der Waals surface area contributed by atoms with Crippen LogP contribution in [0.25, 0.3) is 0 Å². The predicted octanol–water partition coefficient (Wildman–Crippen LogP) is 1.67. The number of para-hydroxylation sites is 1. The summed E-state index contributed by atoms with van der Waals surface area (Å²) in [6.07, 6.45) is 1.59. The van der Waals surface area contributed by atoms with E-state index in [1.54, 1.807) is 6.92 Å². The van der Waals surface area contributed by atoms with Crippen molar-refractivity contribution in [3.63, 3.8) is 0 Å². The highest BCUT2D eigenvalue weighted by molar-refractivity contribution is 5.85. The van der Waals surface area contributed by atoms with Gasteiger partial charge in [-0.05, 0) is 25.0 Å². The van der Waals surface area contributed by atoms with Gasteiger partial charge in [0, 0.05) is 25.1 Å². The Morgan fingerprint density at radius 3 is 2.76 bits per heavy atom. The summed E-state index contributed by atoms with van der Waals surface area (Å²) in [7, 11) is 0. The molecule has 0 unspecified atom stereocenters. The molecule has 0 saturated carbocycles. The average Bonchev–Trinajstić information content (AvgIpc) is 2.83. The molecule has 0 saturated heterocycles. The van der Waals surface area contributed by atoms with Gasteiger partial charge >= 0.3 is 0 Å². The van der Waals surface area contributed by atoms with E-state index in [0.717, 1.165) is 11.3 Å². The second-order valence-corrected chi connectivity index (χ2v) is 4.53. The van der Waals surface area contributed by atoms with E-state index in [9.17, 15) is 4.79 Å². The molecule has 21 heavy (non-hydrogen) atoms. The molecular weight excluding hydrogens is 292 g/mol. The van der Waals surface area contributed by atoms with Gasteiger partial charge in [0.05, 0.1) is 0 Å².